The summed E-state index contributed by atoms with van der Waals surface area (Å²) in [6.07, 6.45) is 1.84. The van der Waals surface area contributed by atoms with Crippen LogP contribution in [-0.4, -0.2) is 66.6 Å². The first kappa shape index (κ1) is 28.1. The maximum atomic E-state index is 10.9. The predicted octanol–water partition coefficient (Wildman–Crippen LogP) is 2.21. The van der Waals surface area contributed by atoms with Crippen LogP contribution in [0.15, 0.2) is 18.2 Å². The second-order valence-corrected chi connectivity index (χ2v) is 6.16. The van der Waals surface area contributed by atoms with Crippen LogP contribution in [0.25, 0.3) is 0 Å². The summed E-state index contributed by atoms with van der Waals surface area (Å²) in [6, 6.07) is 3.54. The fourth-order valence-corrected chi connectivity index (χ4v) is 2.31. The van der Waals surface area contributed by atoms with E-state index in [4.69, 9.17) is 25.3 Å². The second-order valence-electron chi connectivity index (χ2n) is 6.16. The fourth-order valence-electron chi connectivity index (χ4n) is 2.31. The second kappa shape index (κ2) is 15.0. The molecular formula is C17H24N4O11. The Hall–Kier alpha value is -3.85. The molecule has 0 aromatic heterocycles. The zero-order valence-corrected chi connectivity index (χ0v) is 16.9. The molecule has 5 N–H and O–H groups in total. The largest absolute Gasteiger partial charge is 0.503 e. The highest BCUT2D eigenvalue weighted by Gasteiger charge is 2.26. The molecule has 0 atom stereocenters. The van der Waals surface area contributed by atoms with Gasteiger partial charge in [0.05, 0.1) is 15.9 Å². The maximum Gasteiger partial charge on any atom is 0.503 e. The highest BCUT2D eigenvalue weighted by molar-refractivity contribution is 6.00. The van der Waals surface area contributed by atoms with Crippen molar-refractivity contribution in [1.29, 1.82) is 0 Å². The number of nitro benzene ring substituents is 2. The number of hydroxylamine groups is 2. The SMILES string of the molecule is O=C(O)O.O=C1CCC(=O)N1O.O=[N+]([O-])c1ccc(NCCCCCCO)c([N+](=O)[O-])c1. The van der Waals surface area contributed by atoms with Crippen molar-refractivity contribution in [3.63, 3.8) is 0 Å². The maximum absolute atomic E-state index is 10.9. The van der Waals surface area contributed by atoms with Gasteiger partial charge in [0.2, 0.25) is 0 Å². The van der Waals surface area contributed by atoms with Crippen LogP contribution in [0, 0.1) is 20.2 Å². The zero-order valence-electron chi connectivity index (χ0n) is 16.9. The number of carbonyl (C=O) groups is 3. The molecule has 1 aliphatic rings. The number of benzene rings is 1. The number of hydrogen-bond donors (Lipinski definition) is 5. The number of carbonyl (C=O) groups excluding carboxylic acids is 2. The van der Waals surface area contributed by atoms with E-state index in [-0.39, 0.29) is 41.6 Å². The Morgan fingerprint density at radius 1 is 1.00 bits per heavy atom. The average molecular weight is 460 g/mol. The lowest BCUT2D eigenvalue weighted by Gasteiger charge is -2.06. The molecule has 0 radical (unpaired) electrons. The summed E-state index contributed by atoms with van der Waals surface area (Å²) in [7, 11) is 0. The van der Waals surface area contributed by atoms with Crippen molar-refractivity contribution in [3.05, 3.63) is 38.4 Å². The van der Waals surface area contributed by atoms with E-state index in [1.165, 1.54) is 12.1 Å². The number of nitrogens with one attached hydrogen (secondary N) is 1. The van der Waals surface area contributed by atoms with Crippen LogP contribution >= 0.6 is 0 Å². The smallest absolute Gasteiger partial charge is 0.450 e. The standard InChI is InChI=1S/C12H17N3O5.C4H5NO3.CH2O3/c16-8-4-2-1-3-7-13-11-6-5-10(14(17)18)9-12(11)15(19)20;6-3-1-2-4(7)5(3)8;2-1(3)4/h5-6,9,13,16H,1-4,7-8H2;8H,1-2H2;(H2,2,3,4). The molecule has 178 valence electrons. The van der Waals surface area contributed by atoms with E-state index < -0.39 is 27.8 Å². The number of hydrogen-bond acceptors (Lipinski definition) is 10. The molecule has 32 heavy (non-hydrogen) atoms. The minimum Gasteiger partial charge on any atom is -0.450 e. The molecule has 1 aromatic rings. The third-order valence-electron chi connectivity index (χ3n) is 3.81. The van der Waals surface area contributed by atoms with Crippen molar-refractivity contribution in [1.82, 2.24) is 5.06 Å². The number of imide groups is 1. The molecule has 1 saturated heterocycles. The van der Waals surface area contributed by atoms with E-state index in [0.29, 0.717) is 6.54 Å². The Labute approximate surface area is 181 Å². The molecule has 2 amide bonds. The number of aliphatic hydroxyl groups excluding tert-OH is 1. The van der Waals surface area contributed by atoms with Gasteiger partial charge < -0.3 is 20.6 Å². The van der Waals surface area contributed by atoms with Gasteiger partial charge in [0.25, 0.3) is 23.2 Å². The van der Waals surface area contributed by atoms with Gasteiger partial charge in [0, 0.05) is 32.1 Å². The molecule has 2 rings (SSSR count). The molecule has 1 aromatic carbocycles. The number of carboxylic acid groups (broad SMARTS) is 2. The van der Waals surface area contributed by atoms with Crippen LogP contribution in [0.5, 0.6) is 0 Å². The molecule has 0 spiro atoms. The molecule has 15 nitrogen and oxygen atoms in total. The van der Waals surface area contributed by atoms with Gasteiger partial charge >= 0.3 is 6.16 Å². The molecule has 0 saturated carbocycles. The van der Waals surface area contributed by atoms with Crippen LogP contribution in [0.1, 0.15) is 38.5 Å². The first-order valence-electron chi connectivity index (χ1n) is 9.25. The number of amides is 2. The van der Waals surface area contributed by atoms with Crippen LogP contribution in [0.4, 0.5) is 21.9 Å². The van der Waals surface area contributed by atoms with E-state index in [2.05, 4.69) is 5.32 Å². The summed E-state index contributed by atoms with van der Waals surface area (Å²) in [5.41, 5.74) is -0.317. The van der Waals surface area contributed by atoms with Crippen molar-refractivity contribution in [2.75, 3.05) is 18.5 Å². The third kappa shape index (κ3) is 11.4. The van der Waals surface area contributed by atoms with E-state index >= 15 is 0 Å². The van der Waals surface area contributed by atoms with E-state index in [0.717, 1.165) is 31.7 Å². The topological polar surface area (TPSA) is 234 Å². The van der Waals surface area contributed by atoms with Crippen molar-refractivity contribution in [2.45, 2.75) is 38.5 Å². The van der Waals surface area contributed by atoms with Crippen LogP contribution in [0.2, 0.25) is 0 Å². The lowest BCUT2D eigenvalue weighted by molar-refractivity contribution is -0.393. The minimum absolute atomic E-state index is 0.148. The number of unbranched alkanes of at least 4 members (excludes halogenated alkanes) is 3. The van der Waals surface area contributed by atoms with E-state index in [9.17, 15) is 29.8 Å². The van der Waals surface area contributed by atoms with Crippen molar-refractivity contribution in [2.24, 2.45) is 0 Å². The molecule has 0 unspecified atom stereocenters. The minimum atomic E-state index is -1.83. The predicted molar refractivity (Wildman–Crippen MR) is 107 cm³/mol. The summed E-state index contributed by atoms with van der Waals surface area (Å²) in [6.45, 7) is 0.714. The van der Waals surface area contributed by atoms with Gasteiger partial charge in [0.15, 0.2) is 0 Å². The Balaban J connectivity index is 0.000000653. The van der Waals surface area contributed by atoms with Gasteiger partial charge in [0.1, 0.15) is 5.69 Å². The first-order chi connectivity index (χ1) is 15.0. The average Bonchev–Trinajstić information content (AvgIpc) is 3.01. The van der Waals surface area contributed by atoms with Gasteiger partial charge in [-0.15, -0.1) is 0 Å². The number of non-ortho nitro benzene ring substituents is 1. The highest BCUT2D eigenvalue weighted by Crippen LogP contribution is 2.28. The summed E-state index contributed by atoms with van der Waals surface area (Å²) < 4.78 is 0. The number of nitrogens with zero attached hydrogens (tertiary/aromatic N) is 3. The third-order valence-corrected chi connectivity index (χ3v) is 3.81. The molecule has 1 heterocycles. The number of aliphatic hydroxyl groups is 1. The van der Waals surface area contributed by atoms with Crippen LogP contribution in [0.3, 0.4) is 0 Å². The van der Waals surface area contributed by atoms with Crippen molar-refractivity contribution < 1.29 is 44.8 Å². The van der Waals surface area contributed by atoms with E-state index in [1.807, 2.05) is 0 Å². The Morgan fingerprint density at radius 3 is 1.94 bits per heavy atom. The molecule has 0 aliphatic carbocycles. The molecule has 1 fully saturated rings. The lowest BCUT2D eigenvalue weighted by Crippen LogP contribution is -2.24. The monoisotopic (exact) mass is 460 g/mol. The van der Waals surface area contributed by atoms with Crippen LogP contribution in [-0.2, 0) is 9.59 Å². The summed E-state index contributed by atoms with van der Waals surface area (Å²) in [4.78, 5) is 49.2. The zero-order chi connectivity index (χ0) is 24.7. The number of anilines is 1. The molecule has 15 heteroatoms. The van der Waals surface area contributed by atoms with Gasteiger partial charge in [-0.3, -0.25) is 35.0 Å². The van der Waals surface area contributed by atoms with Gasteiger partial charge in [-0.2, -0.15) is 5.06 Å². The number of rotatable bonds is 9. The van der Waals surface area contributed by atoms with Crippen molar-refractivity contribution >= 4 is 35.0 Å². The Bertz CT molecular complexity index is 796. The summed E-state index contributed by atoms with van der Waals surface area (Å²) in [5.74, 6) is -1.01. The highest BCUT2D eigenvalue weighted by atomic mass is 16.6. The Morgan fingerprint density at radius 2 is 1.53 bits per heavy atom. The summed E-state index contributed by atoms with van der Waals surface area (Å²) in [5, 5.41) is 55.5. The molecule has 0 bridgehead atoms. The normalized spacial score (nSPS) is 12.2. The van der Waals surface area contributed by atoms with Gasteiger partial charge in [-0.1, -0.05) is 12.8 Å². The van der Waals surface area contributed by atoms with Crippen molar-refractivity contribution in [3.8, 4) is 0 Å². The lowest BCUT2D eigenvalue weighted by atomic mass is 10.2. The molecule has 1 aliphatic heterocycles. The quantitative estimate of drug-likeness (QED) is 0.117. The number of nitro groups is 2. The van der Waals surface area contributed by atoms with E-state index in [1.54, 1.807) is 0 Å². The first-order valence-corrected chi connectivity index (χ1v) is 9.25. The van der Waals surface area contributed by atoms with Gasteiger partial charge in [-0.05, 0) is 18.9 Å². The molecular weight excluding hydrogens is 436 g/mol. The fraction of sp³-hybridized carbons (Fsp3) is 0.471. The Kier molecular flexibility index (Phi) is 13.2. The van der Waals surface area contributed by atoms with Crippen LogP contribution < -0.4 is 5.32 Å². The summed E-state index contributed by atoms with van der Waals surface area (Å²) >= 11 is 0. The van der Waals surface area contributed by atoms with Gasteiger partial charge in [-0.25, -0.2) is 4.79 Å².